The number of methoxy groups -OCH3 is 1. The molecule has 0 aliphatic rings. The summed E-state index contributed by atoms with van der Waals surface area (Å²) in [6.45, 7) is 0.962. The highest BCUT2D eigenvalue weighted by molar-refractivity contribution is 6.44. The minimum absolute atomic E-state index is 0.178. The van der Waals surface area contributed by atoms with Gasteiger partial charge in [-0.15, -0.1) is 0 Å². The van der Waals surface area contributed by atoms with E-state index in [4.69, 9.17) is 44.3 Å². The fraction of sp³-hybridized carbons (Fsp3) is 0.211. The van der Waals surface area contributed by atoms with E-state index in [0.717, 1.165) is 0 Å². The van der Waals surface area contributed by atoms with Crippen molar-refractivity contribution in [2.24, 2.45) is 0 Å². The molecule has 10 heteroatoms. The van der Waals surface area contributed by atoms with Crippen molar-refractivity contribution < 1.29 is 23.9 Å². The van der Waals surface area contributed by atoms with Gasteiger partial charge in [-0.2, -0.15) is 0 Å². The Morgan fingerprint density at radius 3 is 2.41 bits per heavy atom. The zero-order valence-corrected chi connectivity index (χ0v) is 17.7. The van der Waals surface area contributed by atoms with Gasteiger partial charge >= 0.3 is 5.97 Å². The Kier molecular flexibility index (Phi) is 8.13. The van der Waals surface area contributed by atoms with E-state index < -0.39 is 30.4 Å². The molecule has 2 aromatic carbocycles. The summed E-state index contributed by atoms with van der Waals surface area (Å²) in [5.41, 5.74) is 0.539. The van der Waals surface area contributed by atoms with Gasteiger partial charge in [0.2, 0.25) is 0 Å². The molecule has 29 heavy (non-hydrogen) atoms. The van der Waals surface area contributed by atoms with Crippen molar-refractivity contribution in [1.29, 1.82) is 0 Å². The van der Waals surface area contributed by atoms with E-state index in [1.54, 1.807) is 18.2 Å². The van der Waals surface area contributed by atoms with Gasteiger partial charge in [0.25, 0.3) is 11.8 Å². The highest BCUT2D eigenvalue weighted by Crippen LogP contribution is 2.32. The van der Waals surface area contributed by atoms with Gasteiger partial charge in [0, 0.05) is 5.56 Å². The molecule has 2 N–H and O–H groups in total. The first-order chi connectivity index (χ1) is 13.7. The Morgan fingerprint density at radius 1 is 1.03 bits per heavy atom. The van der Waals surface area contributed by atoms with Gasteiger partial charge in [-0.3, -0.25) is 14.4 Å². The average Bonchev–Trinajstić information content (AvgIpc) is 2.70. The number of amides is 2. The molecule has 0 fully saturated rings. The molecular weight excluding hydrogens is 443 g/mol. The molecule has 0 aromatic heterocycles. The highest BCUT2D eigenvalue weighted by Gasteiger charge is 2.20. The number of carbonyl (C=O) groups excluding carboxylic acids is 3. The molecule has 0 aliphatic heterocycles. The fourth-order valence-corrected chi connectivity index (χ4v) is 2.76. The fourth-order valence-electron chi connectivity index (χ4n) is 2.16. The monoisotopic (exact) mass is 458 g/mol. The van der Waals surface area contributed by atoms with Crippen molar-refractivity contribution in [2.45, 2.75) is 13.0 Å². The van der Waals surface area contributed by atoms with Crippen LogP contribution in [0.3, 0.4) is 0 Å². The van der Waals surface area contributed by atoms with Gasteiger partial charge in [0.1, 0.15) is 12.3 Å². The molecule has 0 spiro atoms. The van der Waals surface area contributed by atoms with E-state index >= 15 is 0 Å². The normalized spacial score (nSPS) is 11.3. The van der Waals surface area contributed by atoms with Gasteiger partial charge in [-0.05, 0) is 37.3 Å². The first-order valence-corrected chi connectivity index (χ1v) is 9.41. The third-order valence-electron chi connectivity index (χ3n) is 3.67. The number of benzene rings is 2. The van der Waals surface area contributed by atoms with Crippen molar-refractivity contribution in [1.82, 2.24) is 5.32 Å². The summed E-state index contributed by atoms with van der Waals surface area (Å²) in [6.07, 6.45) is -1.14. The molecule has 0 radical (unpaired) electrons. The van der Waals surface area contributed by atoms with Crippen LogP contribution >= 0.6 is 34.8 Å². The van der Waals surface area contributed by atoms with Crippen LogP contribution in [0.1, 0.15) is 17.3 Å². The van der Waals surface area contributed by atoms with Gasteiger partial charge in [-0.1, -0.05) is 40.9 Å². The van der Waals surface area contributed by atoms with E-state index in [1.165, 1.54) is 32.2 Å². The summed E-state index contributed by atoms with van der Waals surface area (Å²) in [5, 5.41) is 5.53. The van der Waals surface area contributed by atoms with Crippen molar-refractivity contribution >= 4 is 58.3 Å². The summed E-state index contributed by atoms with van der Waals surface area (Å²) in [5.74, 6) is -1.39. The Morgan fingerprint density at radius 2 is 1.72 bits per heavy atom. The van der Waals surface area contributed by atoms with Crippen LogP contribution in [0.4, 0.5) is 5.69 Å². The number of rotatable bonds is 7. The molecule has 0 saturated heterocycles. The second kappa shape index (κ2) is 10.3. The first kappa shape index (κ1) is 22.8. The van der Waals surface area contributed by atoms with E-state index in [1.807, 2.05) is 0 Å². The topological polar surface area (TPSA) is 93.7 Å². The van der Waals surface area contributed by atoms with E-state index in [2.05, 4.69) is 10.6 Å². The van der Waals surface area contributed by atoms with Crippen LogP contribution in [0, 0.1) is 0 Å². The zero-order valence-electron chi connectivity index (χ0n) is 15.4. The molecule has 154 valence electrons. The maximum absolute atomic E-state index is 12.2. The number of hydrogen-bond acceptors (Lipinski definition) is 5. The number of halogens is 3. The van der Waals surface area contributed by atoms with E-state index in [-0.39, 0.29) is 20.8 Å². The minimum Gasteiger partial charge on any atom is -0.497 e. The smallest absolute Gasteiger partial charge is 0.326 e. The summed E-state index contributed by atoms with van der Waals surface area (Å²) in [6, 6.07) is 9.19. The molecule has 0 aliphatic carbocycles. The van der Waals surface area contributed by atoms with Crippen molar-refractivity contribution in [3.63, 3.8) is 0 Å². The standard InChI is InChI=1S/C19H17Cl3N2O5/c1-10(18(26)24-16-8-14(21)13(20)7-15(16)22)29-17(25)9-23-19(27)11-4-3-5-12(6-11)28-2/h3-8,10H,9H2,1-2H3,(H,23,27)(H,24,26). The average molecular weight is 460 g/mol. The Hall–Kier alpha value is -2.48. The molecule has 2 rings (SSSR count). The second-order valence-corrected chi connectivity index (χ2v) is 7.00. The quantitative estimate of drug-likeness (QED) is 0.483. The van der Waals surface area contributed by atoms with Crippen molar-refractivity contribution in [3.8, 4) is 5.75 Å². The van der Waals surface area contributed by atoms with Gasteiger partial charge in [-0.25, -0.2) is 0 Å². The maximum atomic E-state index is 12.2. The number of ether oxygens (including phenoxy) is 2. The SMILES string of the molecule is COc1cccc(C(=O)NCC(=O)OC(C)C(=O)Nc2cc(Cl)c(Cl)cc2Cl)c1. The summed E-state index contributed by atoms with van der Waals surface area (Å²) < 4.78 is 10.1. The Bertz CT molecular complexity index is 936. The number of nitrogens with one attached hydrogen (secondary N) is 2. The molecule has 0 bridgehead atoms. The molecule has 7 nitrogen and oxygen atoms in total. The molecule has 2 amide bonds. The van der Waals surface area contributed by atoms with Crippen molar-refractivity contribution in [3.05, 3.63) is 57.0 Å². The Balaban J connectivity index is 1.87. The number of esters is 1. The predicted molar refractivity (Wildman–Crippen MR) is 111 cm³/mol. The maximum Gasteiger partial charge on any atom is 0.326 e. The lowest BCUT2D eigenvalue weighted by Crippen LogP contribution is -2.35. The van der Waals surface area contributed by atoms with E-state index in [0.29, 0.717) is 11.3 Å². The first-order valence-electron chi connectivity index (χ1n) is 8.28. The minimum atomic E-state index is -1.14. The summed E-state index contributed by atoms with van der Waals surface area (Å²) in [7, 11) is 1.48. The predicted octanol–water partition coefficient (Wildman–Crippen LogP) is 3.96. The van der Waals surface area contributed by atoms with Crippen LogP contribution in [0.15, 0.2) is 36.4 Å². The number of anilines is 1. The third kappa shape index (κ3) is 6.52. The molecule has 1 atom stereocenters. The van der Waals surface area contributed by atoms with Crippen LogP contribution in [0.25, 0.3) is 0 Å². The molecule has 0 saturated carbocycles. The summed E-state index contributed by atoms with van der Waals surface area (Å²) in [4.78, 5) is 36.2. The lowest BCUT2D eigenvalue weighted by atomic mass is 10.2. The number of carbonyl (C=O) groups is 3. The van der Waals surface area contributed by atoms with Gasteiger partial charge < -0.3 is 20.1 Å². The third-order valence-corrected chi connectivity index (χ3v) is 4.71. The lowest BCUT2D eigenvalue weighted by molar-refractivity contribution is -0.152. The summed E-state index contributed by atoms with van der Waals surface area (Å²) >= 11 is 17.7. The van der Waals surface area contributed by atoms with Crippen LogP contribution < -0.4 is 15.4 Å². The zero-order chi connectivity index (χ0) is 21.6. The molecule has 1 unspecified atom stereocenters. The van der Waals surface area contributed by atoms with Crippen molar-refractivity contribution in [2.75, 3.05) is 19.0 Å². The van der Waals surface area contributed by atoms with Gasteiger partial charge in [0.05, 0.1) is 27.9 Å². The second-order valence-electron chi connectivity index (χ2n) is 5.78. The molecular formula is C19H17Cl3N2O5. The largest absolute Gasteiger partial charge is 0.497 e. The molecule has 2 aromatic rings. The van der Waals surface area contributed by atoms with Crippen LogP contribution in [-0.4, -0.2) is 37.5 Å². The van der Waals surface area contributed by atoms with Gasteiger partial charge in [0.15, 0.2) is 6.10 Å². The van der Waals surface area contributed by atoms with Crippen LogP contribution in [0.5, 0.6) is 5.75 Å². The van der Waals surface area contributed by atoms with Crippen LogP contribution in [-0.2, 0) is 14.3 Å². The van der Waals surface area contributed by atoms with E-state index in [9.17, 15) is 14.4 Å². The Labute approximate surface area is 182 Å². The van der Waals surface area contributed by atoms with Crippen LogP contribution in [0.2, 0.25) is 15.1 Å². The lowest BCUT2D eigenvalue weighted by Gasteiger charge is -2.15. The highest BCUT2D eigenvalue weighted by atomic mass is 35.5. The number of hydrogen-bond donors (Lipinski definition) is 2. The molecule has 0 heterocycles.